The van der Waals surface area contributed by atoms with Crippen molar-refractivity contribution < 1.29 is 85.4 Å². The second kappa shape index (κ2) is 64.7. The first kappa shape index (κ1) is 93.4. The molecule has 4 saturated heterocycles. The molecule has 18 nitrogen and oxygen atoms in total. The zero-order chi connectivity index (χ0) is 66.3. The maximum atomic E-state index is 10.5. The summed E-state index contributed by atoms with van der Waals surface area (Å²) in [4.78, 5) is 20.9. The van der Waals surface area contributed by atoms with E-state index in [2.05, 4.69) is 105 Å². The maximum absolute atomic E-state index is 10.5. The first-order chi connectivity index (χ1) is 39.4. The first-order valence-electron chi connectivity index (χ1n) is 28.6. The molecule has 1 aromatic rings. The first-order valence-corrected chi connectivity index (χ1v) is 28.6. The molecule has 4 aliphatic rings. The molecule has 2 unspecified atom stereocenters. The summed E-state index contributed by atoms with van der Waals surface area (Å²) in [5.74, 6) is 0.740. The molecular formula is C66H124O18. The molecule has 0 aliphatic carbocycles. The van der Waals surface area contributed by atoms with Crippen LogP contribution in [0.4, 0.5) is 0 Å². The van der Waals surface area contributed by atoms with E-state index in [1.807, 2.05) is 91.8 Å². The summed E-state index contributed by atoms with van der Waals surface area (Å²) in [6, 6.07) is 12.0. The molecule has 4 aliphatic heterocycles. The molecule has 0 bridgehead atoms. The monoisotopic (exact) mass is 1200 g/mol. The van der Waals surface area contributed by atoms with Crippen molar-refractivity contribution in [3.05, 3.63) is 110 Å². The van der Waals surface area contributed by atoms with E-state index in [-0.39, 0.29) is 29.4 Å². The summed E-state index contributed by atoms with van der Waals surface area (Å²) in [6.45, 7) is 68.1. The van der Waals surface area contributed by atoms with Crippen molar-refractivity contribution >= 4 is 11.9 Å². The van der Waals surface area contributed by atoms with Crippen LogP contribution in [0.25, 0.3) is 0 Å². The van der Waals surface area contributed by atoms with E-state index in [4.69, 9.17) is 52.1 Å². The van der Waals surface area contributed by atoms with Gasteiger partial charge in [0, 0.05) is 63.6 Å². The van der Waals surface area contributed by atoms with Gasteiger partial charge in [-0.2, -0.15) is 0 Å². The fourth-order valence-corrected chi connectivity index (χ4v) is 4.14. The third kappa shape index (κ3) is 84.2. The van der Waals surface area contributed by atoms with Crippen molar-refractivity contribution in [3.8, 4) is 0 Å². The van der Waals surface area contributed by atoms with Crippen LogP contribution in [0.15, 0.2) is 110 Å². The fraction of sp³-hybridized carbons (Fsp3) is 0.697. The number of hydrogen-bond donors (Lipinski definition) is 0. The van der Waals surface area contributed by atoms with Crippen LogP contribution in [0, 0.1) is 10.8 Å². The summed E-state index contributed by atoms with van der Waals surface area (Å²) in [5, 5.41) is 0. The second-order valence-corrected chi connectivity index (χ2v) is 20.8. The topological polar surface area (TPSA) is 188 Å². The van der Waals surface area contributed by atoms with Crippen LogP contribution in [0.1, 0.15) is 137 Å². The van der Waals surface area contributed by atoms with Gasteiger partial charge >= 0.3 is 11.9 Å². The molecule has 5 rings (SSSR count). The summed E-state index contributed by atoms with van der Waals surface area (Å²) in [5.41, 5.74) is 3.91. The molecule has 2 atom stereocenters. The van der Waals surface area contributed by atoms with E-state index in [1.165, 1.54) is 24.7 Å². The van der Waals surface area contributed by atoms with Crippen molar-refractivity contribution in [3.63, 3.8) is 0 Å². The van der Waals surface area contributed by atoms with Gasteiger partial charge in [0.05, 0.1) is 90.8 Å². The number of allylic oxidation sites excluding steroid dienone is 4. The molecule has 84 heavy (non-hydrogen) atoms. The summed E-state index contributed by atoms with van der Waals surface area (Å²) in [6.07, 6.45) is 2.36. The van der Waals surface area contributed by atoms with Crippen molar-refractivity contribution in [2.45, 2.75) is 149 Å². The molecule has 0 amide bonds. The minimum Gasteiger partial charge on any atom is -0.499 e. The third-order valence-electron chi connectivity index (χ3n) is 8.97. The van der Waals surface area contributed by atoms with Gasteiger partial charge in [-0.15, -0.1) is 13.2 Å². The standard InChI is InChI=1S/C7H14O3.C7H14O2.C6H12O3.C6H10O3.C6H12O2.C6H10O2.C6H6.C5H10O2.C5H10O.C5H10.C4H8.C3H8/c1-7(3-9-4-7)5-10-6-8-2;1-3-8-4-7(2)5-9-6-7;1-6(4-9-6)3-8-5-7-2;1-5(2)6(7)9-4-8-3;1-3-7-4-6(2)5-8-6;1-4-8-6(7)5(2)3;1-2-4-6-5-3-1;1-5(2)7-4-6-3;1-4-6-5(2)3;1-4-5(2)3;1-4(2)3;1-3-2/h3-6H2,1-2H3;3-6H2,1-2H3;3-5H2,1-2H3;1,4H2,2-3H3;3-5H2,1-2H3;2,4H2,1,3H3;1-6H;1,4H2,2-3H3;2,4H2,1,3H3;2,4H2,1,3H3;1H2,2-3H3;3H2,1-2H3. The largest absolute Gasteiger partial charge is 0.499 e. The predicted octanol–water partition coefficient (Wildman–Crippen LogP) is 14.1. The van der Waals surface area contributed by atoms with Gasteiger partial charge in [0.2, 0.25) is 0 Å². The number of epoxide rings is 2. The minimum atomic E-state index is -0.420. The average molecular weight is 1210 g/mol. The predicted molar refractivity (Wildman–Crippen MR) is 342 cm³/mol. The van der Waals surface area contributed by atoms with Gasteiger partial charge in [-0.3, -0.25) is 0 Å². The molecule has 4 fully saturated rings. The fourth-order valence-electron chi connectivity index (χ4n) is 4.14. The van der Waals surface area contributed by atoms with Crippen LogP contribution in [-0.4, -0.2) is 171 Å². The average Bonchev–Trinajstić information content (AvgIpc) is 4.36. The van der Waals surface area contributed by atoms with E-state index in [9.17, 15) is 9.59 Å². The van der Waals surface area contributed by atoms with Gasteiger partial charge in [-0.25, -0.2) is 9.59 Å². The smallest absolute Gasteiger partial charge is 0.335 e. The Hall–Kier alpha value is -4.28. The number of rotatable bonds is 25. The highest BCUT2D eigenvalue weighted by atomic mass is 16.7. The van der Waals surface area contributed by atoms with Gasteiger partial charge in [0.25, 0.3) is 0 Å². The lowest BCUT2D eigenvalue weighted by Gasteiger charge is -2.37. The molecule has 0 aromatic heterocycles. The Morgan fingerprint density at radius 1 is 0.417 bits per heavy atom. The maximum Gasteiger partial charge on any atom is 0.335 e. The normalized spacial score (nSPS) is 16.5. The molecule has 0 N–H and O–H groups in total. The Labute approximate surface area is 512 Å². The molecule has 0 radical (unpaired) electrons. The number of carbonyl (C=O) groups is 2. The van der Waals surface area contributed by atoms with Gasteiger partial charge in [0.1, 0.15) is 24.8 Å². The molecule has 1 aromatic carbocycles. The van der Waals surface area contributed by atoms with Crippen molar-refractivity contribution in [1.82, 2.24) is 0 Å². The van der Waals surface area contributed by atoms with Gasteiger partial charge in [-0.05, 0) is 96.4 Å². The lowest BCUT2D eigenvalue weighted by atomic mass is 9.90. The molecule has 0 spiro atoms. The minimum absolute atomic E-state index is 0.00146. The Balaban J connectivity index is -0.000000156. The van der Waals surface area contributed by atoms with Crippen LogP contribution in [0.3, 0.4) is 0 Å². The van der Waals surface area contributed by atoms with Crippen LogP contribution in [-0.2, 0) is 85.4 Å². The number of carbonyl (C=O) groups excluding carboxylic acids is 2. The Kier molecular flexibility index (Phi) is 72.0. The quantitative estimate of drug-likeness (QED) is 0.0171. The number of methoxy groups -OCH3 is 4. The molecule has 4 heterocycles. The van der Waals surface area contributed by atoms with Gasteiger partial charge in [0.15, 0.2) is 13.6 Å². The van der Waals surface area contributed by atoms with Crippen molar-refractivity contribution in [2.75, 3.05) is 148 Å². The summed E-state index contributed by atoms with van der Waals surface area (Å²) < 4.78 is 78.0. The zero-order valence-corrected chi connectivity index (χ0v) is 57.2. The second-order valence-electron chi connectivity index (χ2n) is 20.8. The number of esters is 2. The highest BCUT2D eigenvalue weighted by Gasteiger charge is 2.40. The highest BCUT2D eigenvalue weighted by Crippen LogP contribution is 2.28. The third-order valence-corrected chi connectivity index (χ3v) is 8.97. The summed E-state index contributed by atoms with van der Waals surface area (Å²) in [7, 11) is 6.25. The van der Waals surface area contributed by atoms with Crippen LogP contribution >= 0.6 is 0 Å². The van der Waals surface area contributed by atoms with Crippen molar-refractivity contribution in [2.24, 2.45) is 10.8 Å². The van der Waals surface area contributed by atoms with Crippen LogP contribution < -0.4 is 0 Å². The van der Waals surface area contributed by atoms with Crippen LogP contribution in [0.2, 0.25) is 0 Å². The van der Waals surface area contributed by atoms with E-state index < -0.39 is 5.97 Å². The number of hydrogen-bond acceptors (Lipinski definition) is 18. The zero-order valence-electron chi connectivity index (χ0n) is 57.2. The van der Waals surface area contributed by atoms with E-state index in [0.717, 1.165) is 91.5 Å². The number of ether oxygens (including phenoxy) is 16. The van der Waals surface area contributed by atoms with E-state index in [1.54, 1.807) is 49.0 Å². The highest BCUT2D eigenvalue weighted by molar-refractivity contribution is 5.87. The van der Waals surface area contributed by atoms with Gasteiger partial charge < -0.3 is 75.8 Å². The Morgan fingerprint density at radius 2 is 0.690 bits per heavy atom. The molecule has 18 heteroatoms. The number of benzene rings is 1. The Morgan fingerprint density at radius 3 is 0.893 bits per heavy atom. The summed E-state index contributed by atoms with van der Waals surface area (Å²) >= 11 is 0. The lowest BCUT2D eigenvalue weighted by molar-refractivity contribution is -0.158. The lowest BCUT2D eigenvalue weighted by Crippen LogP contribution is -2.43. The Bertz CT molecular complexity index is 1670. The van der Waals surface area contributed by atoms with Crippen molar-refractivity contribution in [1.29, 1.82) is 0 Å². The molecular weight excluding hydrogens is 1080 g/mol. The van der Waals surface area contributed by atoms with Crippen LogP contribution in [0.5, 0.6) is 0 Å². The molecule has 496 valence electrons. The SMILES string of the molecule is C=C(C)C.C=C(C)C(=O)OCC.C=C(C)C(=O)OCOC.C=C(C)CC.C=C(C)OCC.C=C(C)OCOC.CCC.CCOCC1(C)CO1.CCOCC1(C)COC1.COCOCC1(C)CO1.COCOCC1(C)COC1.c1ccccc1. The van der Waals surface area contributed by atoms with Gasteiger partial charge in [-0.1, -0.05) is 115 Å². The molecule has 0 saturated carbocycles. The van der Waals surface area contributed by atoms with E-state index >= 15 is 0 Å². The van der Waals surface area contributed by atoms with E-state index in [0.29, 0.717) is 55.9 Å².